The Bertz CT molecular complexity index is 1510. The third-order valence-corrected chi connectivity index (χ3v) is 8.89. The number of nitrogens with zero attached hydrogens (tertiary/aromatic N) is 6. The molecule has 0 radical (unpaired) electrons. The average Bonchev–Trinajstić information content (AvgIpc) is 3.21. The van der Waals surface area contributed by atoms with Crippen molar-refractivity contribution >= 4 is 29.2 Å². The van der Waals surface area contributed by atoms with Crippen molar-refractivity contribution in [2.45, 2.75) is 38.9 Å². The first-order chi connectivity index (χ1) is 20.6. The van der Waals surface area contributed by atoms with Gasteiger partial charge in [0.1, 0.15) is 6.17 Å². The van der Waals surface area contributed by atoms with Gasteiger partial charge in [-0.3, -0.25) is 14.7 Å². The Balaban J connectivity index is 1.09. The van der Waals surface area contributed by atoms with Crippen LogP contribution in [0.15, 0.2) is 76.7 Å². The molecule has 2 bridgehead atoms. The minimum absolute atomic E-state index is 0.116. The predicted octanol–water partition coefficient (Wildman–Crippen LogP) is 5.07. The van der Waals surface area contributed by atoms with Gasteiger partial charge in [0.05, 0.1) is 24.6 Å². The molecule has 1 aromatic heterocycles. The van der Waals surface area contributed by atoms with Gasteiger partial charge in [0.25, 0.3) is 0 Å². The summed E-state index contributed by atoms with van der Waals surface area (Å²) in [4.78, 5) is 27.5. The van der Waals surface area contributed by atoms with Crippen LogP contribution in [0.2, 0.25) is 0 Å². The van der Waals surface area contributed by atoms with E-state index < -0.39 is 0 Å². The molecule has 0 spiro atoms. The second-order valence-corrected chi connectivity index (χ2v) is 11.9. The van der Waals surface area contributed by atoms with Crippen LogP contribution in [-0.4, -0.2) is 76.8 Å². The Kier molecular flexibility index (Phi) is 7.57. The van der Waals surface area contributed by atoms with Crippen molar-refractivity contribution in [1.29, 1.82) is 0 Å². The smallest absolute Gasteiger partial charge is 0.225 e. The summed E-state index contributed by atoms with van der Waals surface area (Å²) >= 11 is 0. The molecule has 0 aliphatic carbocycles. The monoisotopic (exact) mass is 562 g/mol. The van der Waals surface area contributed by atoms with Crippen LogP contribution < -0.4 is 0 Å². The second kappa shape index (κ2) is 11.8. The zero-order valence-electron chi connectivity index (χ0n) is 24.2. The van der Waals surface area contributed by atoms with E-state index in [0.717, 1.165) is 85.9 Å². The zero-order valence-corrected chi connectivity index (χ0v) is 24.2. The van der Waals surface area contributed by atoms with E-state index in [9.17, 15) is 4.79 Å². The van der Waals surface area contributed by atoms with Crippen LogP contribution in [0.5, 0.6) is 0 Å². The minimum Gasteiger partial charge on any atom is -0.378 e. The number of benzene rings is 2. The molecular formula is C34H38N6O2. The second-order valence-electron chi connectivity index (χ2n) is 11.9. The van der Waals surface area contributed by atoms with Gasteiger partial charge in [0.15, 0.2) is 5.82 Å². The first-order valence-corrected chi connectivity index (χ1v) is 15.2. The quantitative estimate of drug-likeness (QED) is 0.435. The molecular weight excluding hydrogens is 524 g/mol. The summed E-state index contributed by atoms with van der Waals surface area (Å²) in [5.74, 6) is 1.50. The van der Waals surface area contributed by atoms with Gasteiger partial charge in [-0.2, -0.15) is 5.10 Å². The summed E-state index contributed by atoms with van der Waals surface area (Å²) in [6.07, 6.45) is 6.95. The summed E-state index contributed by atoms with van der Waals surface area (Å²) in [6.45, 7) is 7.59. The predicted molar refractivity (Wildman–Crippen MR) is 165 cm³/mol. The lowest BCUT2D eigenvalue weighted by Crippen LogP contribution is -2.46. The first kappa shape index (κ1) is 27.0. The maximum atomic E-state index is 12.9. The molecule has 0 N–H and O–H groups in total. The number of likely N-dealkylation sites (tertiary alicyclic amines) is 1. The number of carbonyl (C=O) groups is 1. The molecule has 216 valence electrons. The van der Waals surface area contributed by atoms with Gasteiger partial charge in [0.2, 0.25) is 5.91 Å². The SMILES string of the molecule is Cc1cc2n(n1)C1CC(C=N2)C=C(c2ccccc2)C(c2ccc(CN3CCC(C(=O)N4CCOCC4)CC3)cc2)=N1. The van der Waals surface area contributed by atoms with Crippen molar-refractivity contribution in [2.24, 2.45) is 21.8 Å². The molecule has 42 heavy (non-hydrogen) atoms. The lowest BCUT2D eigenvalue weighted by molar-refractivity contribution is -0.141. The Hall–Kier alpha value is -3.88. The van der Waals surface area contributed by atoms with Crippen LogP contribution in [0.1, 0.15) is 47.8 Å². The minimum atomic E-state index is -0.116. The number of ether oxygens (including phenoxy) is 1. The van der Waals surface area contributed by atoms with Crippen LogP contribution in [0, 0.1) is 18.8 Å². The molecule has 2 aromatic carbocycles. The van der Waals surface area contributed by atoms with E-state index in [0.29, 0.717) is 19.1 Å². The molecule has 3 aromatic rings. The topological polar surface area (TPSA) is 75.3 Å². The van der Waals surface area contributed by atoms with Crippen LogP contribution >= 0.6 is 0 Å². The van der Waals surface area contributed by atoms with Crippen LogP contribution in [0.4, 0.5) is 5.82 Å². The fourth-order valence-electron chi connectivity index (χ4n) is 6.61. The van der Waals surface area contributed by atoms with Crippen molar-refractivity contribution in [3.8, 4) is 0 Å². The molecule has 8 heteroatoms. The highest BCUT2D eigenvalue weighted by Crippen LogP contribution is 2.36. The van der Waals surface area contributed by atoms with E-state index >= 15 is 0 Å². The average molecular weight is 563 g/mol. The summed E-state index contributed by atoms with van der Waals surface area (Å²) in [5, 5.41) is 4.76. The molecule has 1 amide bonds. The van der Waals surface area contributed by atoms with E-state index in [-0.39, 0.29) is 18.0 Å². The number of amides is 1. The number of hydrogen-bond donors (Lipinski definition) is 0. The summed E-state index contributed by atoms with van der Waals surface area (Å²) in [6, 6.07) is 21.5. The number of hydrogen-bond acceptors (Lipinski definition) is 6. The van der Waals surface area contributed by atoms with E-state index in [1.165, 1.54) is 5.56 Å². The lowest BCUT2D eigenvalue weighted by Gasteiger charge is -2.35. The summed E-state index contributed by atoms with van der Waals surface area (Å²) < 4.78 is 7.40. The van der Waals surface area contributed by atoms with E-state index in [4.69, 9.17) is 19.8 Å². The van der Waals surface area contributed by atoms with Gasteiger partial charge in [-0.05, 0) is 44.0 Å². The van der Waals surface area contributed by atoms with Gasteiger partial charge in [-0.15, -0.1) is 0 Å². The number of aliphatic imine (C=N–C) groups is 2. The first-order valence-electron chi connectivity index (χ1n) is 15.2. The maximum absolute atomic E-state index is 12.9. The summed E-state index contributed by atoms with van der Waals surface area (Å²) in [5.41, 5.74) is 6.64. The molecule has 0 saturated carbocycles. The number of fused-ring (bicyclic) bond motifs is 4. The highest BCUT2D eigenvalue weighted by atomic mass is 16.5. The molecule has 2 atom stereocenters. The van der Waals surface area contributed by atoms with Crippen molar-refractivity contribution in [2.75, 3.05) is 39.4 Å². The van der Waals surface area contributed by atoms with Gasteiger partial charge in [0, 0.05) is 61.3 Å². The largest absolute Gasteiger partial charge is 0.378 e. The van der Waals surface area contributed by atoms with E-state index in [1.54, 1.807) is 0 Å². The van der Waals surface area contributed by atoms with Gasteiger partial charge < -0.3 is 9.64 Å². The number of morpholine rings is 1. The maximum Gasteiger partial charge on any atom is 0.225 e. The number of carbonyl (C=O) groups excluding carboxylic acids is 1. The van der Waals surface area contributed by atoms with E-state index in [1.807, 2.05) is 22.6 Å². The Labute approximate surface area is 247 Å². The molecule has 2 unspecified atom stereocenters. The highest BCUT2D eigenvalue weighted by Gasteiger charge is 2.30. The van der Waals surface area contributed by atoms with Crippen molar-refractivity contribution in [3.05, 3.63) is 89.1 Å². The van der Waals surface area contributed by atoms with Crippen molar-refractivity contribution in [3.63, 3.8) is 0 Å². The highest BCUT2D eigenvalue weighted by molar-refractivity contribution is 6.32. The van der Waals surface area contributed by atoms with Gasteiger partial charge >= 0.3 is 0 Å². The van der Waals surface area contributed by atoms with E-state index in [2.05, 4.69) is 71.8 Å². The zero-order chi connectivity index (χ0) is 28.5. The Morgan fingerprint density at radius 3 is 2.48 bits per heavy atom. The normalized spacial score (nSPS) is 23.0. The van der Waals surface area contributed by atoms with Crippen molar-refractivity contribution < 1.29 is 9.53 Å². The number of aryl methyl sites for hydroxylation is 1. The number of rotatable bonds is 5. The molecule has 4 aliphatic rings. The lowest BCUT2D eigenvalue weighted by atomic mass is 9.92. The standard InChI is InChI=1S/C34H38N6O2/c1-24-19-31-35-22-26-20-30(27-5-3-2-4-6-27)33(36-32(21-26)40(31)37-24)28-9-7-25(8-10-28)23-38-13-11-29(12-14-38)34(41)39-15-17-42-18-16-39/h2-10,19-20,22,26,29,32H,11-18,21,23H2,1H3. The summed E-state index contributed by atoms with van der Waals surface area (Å²) in [7, 11) is 0. The van der Waals surface area contributed by atoms with Crippen LogP contribution in [0.25, 0.3) is 5.57 Å². The van der Waals surface area contributed by atoms with Crippen molar-refractivity contribution in [1.82, 2.24) is 19.6 Å². The Morgan fingerprint density at radius 2 is 1.71 bits per heavy atom. The van der Waals surface area contributed by atoms with Gasteiger partial charge in [-0.1, -0.05) is 60.7 Å². The molecule has 7 rings (SSSR count). The number of piperidine rings is 1. The van der Waals surface area contributed by atoms with Crippen LogP contribution in [-0.2, 0) is 16.1 Å². The third-order valence-electron chi connectivity index (χ3n) is 8.89. The van der Waals surface area contributed by atoms with Crippen LogP contribution in [0.3, 0.4) is 0 Å². The molecule has 5 heterocycles. The van der Waals surface area contributed by atoms with Gasteiger partial charge in [-0.25, -0.2) is 9.67 Å². The number of aromatic nitrogens is 2. The third kappa shape index (κ3) is 5.61. The fourth-order valence-corrected chi connectivity index (χ4v) is 6.61. The Morgan fingerprint density at radius 1 is 0.952 bits per heavy atom. The molecule has 4 aliphatic heterocycles. The molecule has 2 saturated heterocycles. The number of allylic oxidation sites excluding steroid dienone is 2. The molecule has 8 nitrogen and oxygen atoms in total. The fraction of sp³-hybridized carbons (Fsp3) is 0.412. The molecule has 2 fully saturated rings.